The van der Waals surface area contributed by atoms with Gasteiger partial charge in [-0.15, -0.1) is 12.5 Å². The molecule has 0 fully saturated rings. The van der Waals surface area contributed by atoms with Gasteiger partial charge in [-0.3, -0.25) is 0 Å². The van der Waals surface area contributed by atoms with Crippen LogP contribution < -0.4 is 0 Å². The Kier molecular flexibility index (Phi) is 7.54. The Labute approximate surface area is 114 Å². The monoisotopic (exact) mass is 268 g/mol. The second-order valence-electron chi connectivity index (χ2n) is 6.07. The van der Waals surface area contributed by atoms with Gasteiger partial charge in [0.15, 0.2) is 8.32 Å². The lowest BCUT2D eigenvalue weighted by molar-refractivity contribution is 0.175. The maximum atomic E-state index is 8.61. The molecule has 0 unspecified atom stereocenters. The van der Waals surface area contributed by atoms with Crippen molar-refractivity contribution in [1.29, 1.82) is 0 Å². The van der Waals surface area contributed by atoms with Gasteiger partial charge in [0, 0.05) is 12.5 Å². The van der Waals surface area contributed by atoms with Gasteiger partial charge in [0.05, 0.1) is 0 Å². The van der Waals surface area contributed by atoms with Crippen molar-refractivity contribution in [2.24, 2.45) is 0 Å². The van der Waals surface area contributed by atoms with E-state index >= 15 is 0 Å². The molecule has 0 aromatic heterocycles. The van der Waals surface area contributed by atoms with Gasteiger partial charge in [-0.25, -0.2) is 0 Å². The predicted octanol–water partition coefficient (Wildman–Crippen LogP) is 3.73. The highest BCUT2D eigenvalue weighted by molar-refractivity contribution is 6.74. The minimum atomic E-state index is -1.72. The summed E-state index contributed by atoms with van der Waals surface area (Å²) in [7, 11) is -1.72. The van der Waals surface area contributed by atoms with Gasteiger partial charge in [0.25, 0.3) is 0 Å². The van der Waals surface area contributed by atoms with Crippen LogP contribution in [0.5, 0.6) is 0 Å². The molecule has 18 heavy (non-hydrogen) atoms. The summed E-state index contributed by atoms with van der Waals surface area (Å²) in [5, 5.41) is 8.84. The minimum Gasteiger partial charge on any atom is -0.414 e. The van der Waals surface area contributed by atoms with E-state index in [2.05, 4.69) is 52.3 Å². The van der Waals surface area contributed by atoms with E-state index in [1.54, 1.807) is 0 Å². The van der Waals surface area contributed by atoms with Crippen LogP contribution >= 0.6 is 0 Å². The van der Waals surface area contributed by atoms with E-state index in [1.165, 1.54) is 0 Å². The Bertz CT molecular complexity index is 305. The highest BCUT2D eigenvalue weighted by Gasteiger charge is 2.38. The first-order valence-electron chi connectivity index (χ1n) is 6.60. The molecule has 0 heterocycles. The smallest absolute Gasteiger partial charge is 0.192 e. The molecule has 0 radical (unpaired) electrons. The molecule has 0 aromatic rings. The summed E-state index contributed by atoms with van der Waals surface area (Å²) in [6.45, 7) is 15.0. The third-order valence-electron chi connectivity index (χ3n) is 3.49. The van der Waals surface area contributed by atoms with Gasteiger partial charge in [0.1, 0.15) is 6.61 Å². The maximum Gasteiger partial charge on any atom is 0.192 e. The molecule has 1 N–H and O–H groups in total. The summed E-state index contributed by atoms with van der Waals surface area (Å²) in [5.41, 5.74) is 0. The van der Waals surface area contributed by atoms with Crippen LogP contribution in [0.2, 0.25) is 18.1 Å². The summed E-state index contributed by atoms with van der Waals surface area (Å²) >= 11 is 0. The first kappa shape index (κ1) is 17.4. The highest BCUT2D eigenvalue weighted by Crippen LogP contribution is 2.38. The van der Waals surface area contributed by atoms with Crippen LogP contribution in [0.3, 0.4) is 0 Å². The Hall–Kier alpha value is -0.563. The first-order chi connectivity index (χ1) is 8.24. The zero-order chi connectivity index (χ0) is 14.2. The fraction of sp³-hybridized carbons (Fsp3) is 0.733. The van der Waals surface area contributed by atoms with Gasteiger partial charge < -0.3 is 9.53 Å². The van der Waals surface area contributed by atoms with E-state index in [1.807, 2.05) is 6.08 Å². The lowest BCUT2D eigenvalue weighted by atomic mass is 10.1. The summed E-state index contributed by atoms with van der Waals surface area (Å²) in [6, 6.07) is 0. The molecule has 3 heteroatoms. The number of rotatable bonds is 6. The Morgan fingerprint density at radius 2 is 1.94 bits per heavy atom. The molecular formula is C15H28O2Si. The van der Waals surface area contributed by atoms with Crippen LogP contribution in [-0.2, 0) is 4.43 Å². The molecule has 0 aliphatic carbocycles. The molecular weight excluding hydrogens is 240 g/mol. The van der Waals surface area contributed by atoms with E-state index in [0.29, 0.717) is 0 Å². The summed E-state index contributed by atoms with van der Waals surface area (Å²) in [6.07, 6.45) is 4.67. The standard InChI is InChI=1S/C15H28O2Si/c1-7-11-14(12-9-8-10-13-16)17-18(5,6)15(2,3)4/h7,14,16H,1,9,11-13H2,2-6H3/t14-/m0/s1. The molecule has 0 aliphatic heterocycles. The number of hydrogen-bond donors (Lipinski definition) is 1. The molecule has 0 bridgehead atoms. The molecule has 2 nitrogen and oxygen atoms in total. The SMILES string of the molecule is C=CC[C@@H](CCC#CCO)O[Si](C)(C)C(C)(C)C. The lowest BCUT2D eigenvalue weighted by Crippen LogP contribution is -2.43. The van der Waals surface area contributed by atoms with Gasteiger partial charge in [-0.05, 0) is 31.0 Å². The summed E-state index contributed by atoms with van der Waals surface area (Å²) < 4.78 is 6.36. The molecule has 0 amide bonds. The summed E-state index contributed by atoms with van der Waals surface area (Å²) in [4.78, 5) is 0. The van der Waals surface area contributed by atoms with Crippen molar-refractivity contribution in [3.05, 3.63) is 12.7 Å². The first-order valence-corrected chi connectivity index (χ1v) is 9.50. The molecule has 0 rings (SSSR count). The van der Waals surface area contributed by atoms with E-state index < -0.39 is 8.32 Å². The van der Waals surface area contributed by atoms with E-state index in [9.17, 15) is 0 Å². The number of aliphatic hydroxyl groups excluding tert-OH is 1. The molecule has 0 aliphatic rings. The van der Waals surface area contributed by atoms with Crippen LogP contribution in [0.4, 0.5) is 0 Å². The second kappa shape index (κ2) is 7.78. The topological polar surface area (TPSA) is 29.5 Å². The van der Waals surface area contributed by atoms with Crippen LogP contribution in [0, 0.1) is 11.8 Å². The van der Waals surface area contributed by atoms with Gasteiger partial charge in [0.2, 0.25) is 0 Å². The Morgan fingerprint density at radius 1 is 1.33 bits per heavy atom. The Morgan fingerprint density at radius 3 is 2.39 bits per heavy atom. The van der Waals surface area contributed by atoms with Crippen molar-refractivity contribution in [3.63, 3.8) is 0 Å². The van der Waals surface area contributed by atoms with E-state index in [4.69, 9.17) is 9.53 Å². The number of aliphatic hydroxyl groups is 1. The van der Waals surface area contributed by atoms with Crippen molar-refractivity contribution >= 4 is 8.32 Å². The predicted molar refractivity (Wildman–Crippen MR) is 81.0 cm³/mol. The van der Waals surface area contributed by atoms with Crippen molar-refractivity contribution in [1.82, 2.24) is 0 Å². The van der Waals surface area contributed by atoms with Crippen LogP contribution in [0.15, 0.2) is 12.7 Å². The highest BCUT2D eigenvalue weighted by atomic mass is 28.4. The molecule has 0 spiro atoms. The summed E-state index contributed by atoms with van der Waals surface area (Å²) in [5.74, 6) is 5.62. The molecule has 0 aromatic carbocycles. The van der Waals surface area contributed by atoms with Gasteiger partial charge in [-0.2, -0.15) is 0 Å². The average molecular weight is 268 g/mol. The average Bonchev–Trinajstić information content (AvgIpc) is 2.22. The largest absolute Gasteiger partial charge is 0.414 e. The van der Waals surface area contributed by atoms with Gasteiger partial charge in [-0.1, -0.05) is 32.8 Å². The fourth-order valence-electron chi connectivity index (χ4n) is 1.38. The Balaban J connectivity index is 4.47. The third kappa shape index (κ3) is 6.39. The van der Waals surface area contributed by atoms with E-state index in [-0.39, 0.29) is 17.7 Å². The zero-order valence-corrected chi connectivity index (χ0v) is 13.5. The zero-order valence-electron chi connectivity index (χ0n) is 12.5. The maximum absolute atomic E-state index is 8.61. The minimum absolute atomic E-state index is 0.0603. The quantitative estimate of drug-likeness (QED) is 0.452. The fourth-order valence-corrected chi connectivity index (χ4v) is 2.78. The van der Waals surface area contributed by atoms with Crippen LogP contribution in [0.25, 0.3) is 0 Å². The lowest BCUT2D eigenvalue weighted by Gasteiger charge is -2.39. The van der Waals surface area contributed by atoms with Crippen LogP contribution in [0.1, 0.15) is 40.0 Å². The van der Waals surface area contributed by atoms with Crippen molar-refractivity contribution in [2.45, 2.75) is 64.3 Å². The molecule has 104 valence electrons. The van der Waals surface area contributed by atoms with Crippen molar-refractivity contribution < 1.29 is 9.53 Å². The normalized spacial score (nSPS) is 13.7. The molecule has 1 atom stereocenters. The van der Waals surface area contributed by atoms with E-state index in [0.717, 1.165) is 19.3 Å². The molecule has 0 saturated heterocycles. The third-order valence-corrected chi connectivity index (χ3v) is 8.03. The second-order valence-corrected chi connectivity index (χ2v) is 10.8. The molecule has 0 saturated carbocycles. The number of hydrogen-bond acceptors (Lipinski definition) is 2. The van der Waals surface area contributed by atoms with Gasteiger partial charge >= 0.3 is 0 Å². The van der Waals surface area contributed by atoms with Crippen LogP contribution in [-0.4, -0.2) is 26.1 Å². The van der Waals surface area contributed by atoms with Crippen molar-refractivity contribution in [2.75, 3.05) is 6.61 Å². The van der Waals surface area contributed by atoms with Crippen molar-refractivity contribution in [3.8, 4) is 11.8 Å².